The molecule has 0 bridgehead atoms. The van der Waals surface area contributed by atoms with Crippen molar-refractivity contribution < 1.29 is 24.5 Å². The number of nitrogens with one attached hydrogen (secondary N) is 2. The van der Waals surface area contributed by atoms with E-state index in [0.717, 1.165) is 18.2 Å². The number of hydrogen-bond acceptors (Lipinski definition) is 6. The first-order chi connectivity index (χ1) is 16.5. The number of aromatic carboxylic acids is 1. The average Bonchev–Trinajstić information content (AvgIpc) is 2.83. The number of hydrogen-bond donors (Lipinski definition) is 4. The van der Waals surface area contributed by atoms with E-state index in [0.29, 0.717) is 40.0 Å². The van der Waals surface area contributed by atoms with Crippen LogP contribution in [0.3, 0.4) is 0 Å². The number of carboxylic acid groups (broad SMARTS) is 1. The molecule has 0 spiro atoms. The molecule has 174 valence electrons. The van der Waals surface area contributed by atoms with Gasteiger partial charge in [-0.2, -0.15) is 0 Å². The van der Waals surface area contributed by atoms with Gasteiger partial charge in [0.05, 0.1) is 28.9 Å². The number of carbonyl (C=O) groups excluding carboxylic acids is 1. The Kier molecular flexibility index (Phi) is 6.89. The Morgan fingerprint density at radius 3 is 2.59 bits per heavy atom. The molecule has 4 N–H and O–H groups in total. The van der Waals surface area contributed by atoms with Gasteiger partial charge in [0.2, 0.25) is 0 Å². The van der Waals surface area contributed by atoms with Crippen molar-refractivity contribution in [2.45, 2.75) is 26.0 Å². The molecule has 1 amide bonds. The van der Waals surface area contributed by atoms with Gasteiger partial charge in [-0.1, -0.05) is 43.7 Å². The number of nitrogens with zero attached hydrogens (tertiary/aromatic N) is 1. The molecule has 4 aromatic rings. The SMILES string of the molecule is CCCCOC(=O)Nc1cccc(C(O)Nc2c3ccccc3nc3cc(C(=O)O)ccc23)c1. The van der Waals surface area contributed by atoms with Gasteiger partial charge < -0.3 is 20.3 Å². The summed E-state index contributed by atoms with van der Waals surface area (Å²) in [6.07, 6.45) is 0.0635. The van der Waals surface area contributed by atoms with Crippen molar-refractivity contribution in [3.63, 3.8) is 0 Å². The lowest BCUT2D eigenvalue weighted by molar-refractivity contribution is 0.0697. The number of aromatic nitrogens is 1. The normalized spacial score (nSPS) is 11.8. The summed E-state index contributed by atoms with van der Waals surface area (Å²) < 4.78 is 5.13. The van der Waals surface area contributed by atoms with Gasteiger partial charge in [0.1, 0.15) is 0 Å². The predicted octanol–water partition coefficient (Wildman–Crippen LogP) is 5.54. The fourth-order valence-electron chi connectivity index (χ4n) is 3.65. The second-order valence-corrected chi connectivity index (χ2v) is 7.83. The number of rotatable bonds is 8. The summed E-state index contributed by atoms with van der Waals surface area (Å²) in [6.45, 7) is 2.36. The zero-order valence-corrected chi connectivity index (χ0v) is 18.6. The Balaban J connectivity index is 1.64. The van der Waals surface area contributed by atoms with E-state index < -0.39 is 18.3 Å². The third kappa shape index (κ3) is 5.07. The lowest BCUT2D eigenvalue weighted by Gasteiger charge is -2.19. The minimum atomic E-state index is -1.11. The van der Waals surface area contributed by atoms with E-state index >= 15 is 0 Å². The summed E-state index contributed by atoms with van der Waals surface area (Å²) in [5.74, 6) is -1.04. The second-order valence-electron chi connectivity index (χ2n) is 7.83. The molecule has 1 heterocycles. The molecule has 0 saturated carbocycles. The Bertz CT molecular complexity index is 1360. The first-order valence-electron chi connectivity index (χ1n) is 11.0. The number of amides is 1. The van der Waals surface area contributed by atoms with Gasteiger partial charge in [0.15, 0.2) is 6.23 Å². The van der Waals surface area contributed by atoms with E-state index in [1.54, 1.807) is 30.3 Å². The number of ether oxygens (including phenoxy) is 1. The van der Waals surface area contributed by atoms with Crippen molar-refractivity contribution in [3.8, 4) is 0 Å². The molecule has 0 aliphatic rings. The molecule has 0 aliphatic carbocycles. The van der Waals surface area contributed by atoms with Crippen LogP contribution >= 0.6 is 0 Å². The Morgan fingerprint density at radius 2 is 1.79 bits per heavy atom. The molecule has 3 aromatic carbocycles. The number of carboxylic acids is 1. The number of fused-ring (bicyclic) bond motifs is 2. The molecule has 0 saturated heterocycles. The molecule has 0 radical (unpaired) electrons. The minimum absolute atomic E-state index is 0.131. The lowest BCUT2D eigenvalue weighted by Crippen LogP contribution is -2.15. The molecule has 4 rings (SSSR count). The Labute approximate surface area is 196 Å². The number of benzene rings is 3. The summed E-state index contributed by atoms with van der Waals surface area (Å²) in [5, 5.41) is 27.6. The molecule has 0 aliphatic heterocycles. The van der Waals surface area contributed by atoms with Crippen LogP contribution in [-0.2, 0) is 4.74 Å². The van der Waals surface area contributed by atoms with E-state index in [4.69, 9.17) is 4.74 Å². The number of pyridine rings is 1. The van der Waals surface area contributed by atoms with E-state index in [1.807, 2.05) is 31.2 Å². The van der Waals surface area contributed by atoms with Crippen molar-refractivity contribution in [3.05, 3.63) is 77.9 Å². The van der Waals surface area contributed by atoms with Gasteiger partial charge in [-0.25, -0.2) is 14.6 Å². The maximum Gasteiger partial charge on any atom is 0.411 e. The molecule has 1 aromatic heterocycles. The van der Waals surface area contributed by atoms with E-state index in [1.165, 1.54) is 12.1 Å². The van der Waals surface area contributed by atoms with Crippen LogP contribution in [-0.4, -0.2) is 33.9 Å². The first kappa shape index (κ1) is 23.0. The summed E-state index contributed by atoms with van der Waals surface area (Å²) in [6, 6.07) is 18.9. The predicted molar refractivity (Wildman–Crippen MR) is 131 cm³/mol. The minimum Gasteiger partial charge on any atom is -0.478 e. The Hall–Kier alpha value is -4.17. The third-order valence-electron chi connectivity index (χ3n) is 5.39. The standard InChI is InChI=1S/C26H25N3O5/c1-2-3-13-34-26(33)27-18-8-6-7-16(14-18)24(30)29-23-19-9-4-5-10-21(19)28-22-15-17(25(31)32)11-12-20(22)23/h4-12,14-15,24,30H,2-3,13H2,1H3,(H,27,33)(H,28,29)(H,31,32). The van der Waals surface area contributed by atoms with E-state index in [9.17, 15) is 19.8 Å². The molecule has 1 atom stereocenters. The van der Waals surface area contributed by atoms with E-state index in [2.05, 4.69) is 15.6 Å². The molecule has 8 nitrogen and oxygen atoms in total. The van der Waals surface area contributed by atoms with Gasteiger partial charge in [0.25, 0.3) is 0 Å². The number of aliphatic hydroxyl groups excluding tert-OH is 1. The zero-order valence-electron chi connectivity index (χ0n) is 18.6. The van der Waals surface area contributed by atoms with Crippen LogP contribution in [0.5, 0.6) is 0 Å². The van der Waals surface area contributed by atoms with Crippen molar-refractivity contribution >= 4 is 45.2 Å². The third-order valence-corrected chi connectivity index (χ3v) is 5.39. The summed E-state index contributed by atoms with van der Waals surface area (Å²) in [7, 11) is 0. The fraction of sp³-hybridized carbons (Fsp3) is 0.192. The van der Waals surface area contributed by atoms with Gasteiger partial charge >= 0.3 is 12.1 Å². The maximum absolute atomic E-state index is 12.0. The highest BCUT2D eigenvalue weighted by molar-refractivity contribution is 6.08. The molecule has 34 heavy (non-hydrogen) atoms. The summed E-state index contributed by atoms with van der Waals surface area (Å²) in [4.78, 5) is 28.0. The number of carbonyl (C=O) groups is 2. The maximum atomic E-state index is 12.0. The van der Waals surface area contributed by atoms with E-state index in [-0.39, 0.29) is 5.56 Å². The molecular formula is C26H25N3O5. The van der Waals surface area contributed by atoms with Crippen LogP contribution in [0.2, 0.25) is 0 Å². The topological polar surface area (TPSA) is 121 Å². The van der Waals surface area contributed by atoms with Crippen LogP contribution in [0.15, 0.2) is 66.7 Å². The number of aliphatic hydroxyl groups is 1. The smallest absolute Gasteiger partial charge is 0.411 e. The summed E-state index contributed by atoms with van der Waals surface area (Å²) in [5.41, 5.74) is 2.95. The summed E-state index contributed by atoms with van der Waals surface area (Å²) >= 11 is 0. The van der Waals surface area contributed by atoms with Crippen LogP contribution < -0.4 is 10.6 Å². The van der Waals surface area contributed by atoms with Crippen molar-refractivity contribution in [1.82, 2.24) is 4.98 Å². The van der Waals surface area contributed by atoms with Crippen LogP contribution in [0.1, 0.15) is 41.9 Å². The first-order valence-corrected chi connectivity index (χ1v) is 11.0. The van der Waals surface area contributed by atoms with Crippen molar-refractivity contribution in [1.29, 1.82) is 0 Å². The molecular weight excluding hydrogens is 434 g/mol. The lowest BCUT2D eigenvalue weighted by atomic mass is 10.0. The second kappa shape index (κ2) is 10.2. The van der Waals surface area contributed by atoms with Gasteiger partial charge in [0, 0.05) is 22.0 Å². The highest BCUT2D eigenvalue weighted by Crippen LogP contribution is 2.33. The van der Waals surface area contributed by atoms with Gasteiger partial charge in [-0.3, -0.25) is 5.32 Å². The molecule has 1 unspecified atom stereocenters. The highest BCUT2D eigenvalue weighted by Gasteiger charge is 2.16. The molecule has 0 fully saturated rings. The largest absolute Gasteiger partial charge is 0.478 e. The number of anilines is 2. The van der Waals surface area contributed by atoms with Crippen LogP contribution in [0, 0.1) is 0 Å². The van der Waals surface area contributed by atoms with Crippen molar-refractivity contribution in [2.75, 3.05) is 17.2 Å². The number of para-hydroxylation sites is 1. The van der Waals surface area contributed by atoms with Crippen LogP contribution in [0.4, 0.5) is 16.2 Å². The quantitative estimate of drug-likeness (QED) is 0.155. The average molecular weight is 460 g/mol. The highest BCUT2D eigenvalue weighted by atomic mass is 16.5. The van der Waals surface area contributed by atoms with Gasteiger partial charge in [-0.05, 0) is 42.8 Å². The zero-order chi connectivity index (χ0) is 24.1. The van der Waals surface area contributed by atoms with Crippen LogP contribution in [0.25, 0.3) is 21.8 Å². The van der Waals surface area contributed by atoms with Gasteiger partial charge in [-0.15, -0.1) is 0 Å². The van der Waals surface area contributed by atoms with Crippen molar-refractivity contribution in [2.24, 2.45) is 0 Å². The fourth-order valence-corrected chi connectivity index (χ4v) is 3.65. The molecule has 8 heteroatoms. The number of unbranched alkanes of at least 4 members (excludes halogenated alkanes) is 1. The Morgan fingerprint density at radius 1 is 1.00 bits per heavy atom. The monoisotopic (exact) mass is 459 g/mol.